The topological polar surface area (TPSA) is 210 Å². The van der Waals surface area contributed by atoms with Crippen molar-refractivity contribution < 1.29 is 63.0 Å². The van der Waals surface area contributed by atoms with Crippen LogP contribution in [-0.4, -0.2) is 157 Å². The number of amides is 6. The molecule has 3 heterocycles. The molecule has 3 unspecified atom stereocenters. The minimum absolute atomic E-state index is 0.0227. The molecule has 0 aromatic heterocycles. The van der Waals surface area contributed by atoms with E-state index < -0.39 is 59.2 Å². The zero-order valence-corrected chi connectivity index (χ0v) is 27.9. The van der Waals surface area contributed by atoms with Crippen molar-refractivity contribution in [1.82, 2.24) is 14.7 Å². The number of ether oxygens (including phenoxy) is 4. The van der Waals surface area contributed by atoms with Crippen LogP contribution in [0.3, 0.4) is 0 Å². The van der Waals surface area contributed by atoms with Crippen LogP contribution in [0.1, 0.15) is 38.5 Å². The molecule has 3 saturated heterocycles. The number of hydrogen-bond donors (Lipinski definition) is 3. The number of methoxy groups -OCH3 is 1. The van der Waals surface area contributed by atoms with Gasteiger partial charge in [0, 0.05) is 43.6 Å². The molecule has 0 aromatic carbocycles. The highest BCUT2D eigenvalue weighted by Crippen LogP contribution is 2.23. The van der Waals surface area contributed by atoms with Crippen LogP contribution < -0.4 is 0 Å². The number of aliphatic hydroxyl groups excluding tert-OH is 3. The summed E-state index contributed by atoms with van der Waals surface area (Å²) < 4.78 is 23.1. The largest absolute Gasteiger partial charge is 0.391 e. The van der Waals surface area contributed by atoms with Gasteiger partial charge in [0.15, 0.2) is 0 Å². The Bertz CT molecular complexity index is 1160. The molecule has 0 bridgehead atoms. The molecule has 0 aromatic rings. The smallest absolute Gasteiger partial charge is 0.256 e. The molecule has 3 aliphatic rings. The number of nitrogens with zero attached hydrogens (tertiary/aromatic N) is 3. The van der Waals surface area contributed by atoms with Gasteiger partial charge in [-0.2, -0.15) is 0 Å². The predicted molar refractivity (Wildman–Crippen MR) is 170 cm³/mol. The van der Waals surface area contributed by atoms with Crippen molar-refractivity contribution in [2.45, 2.75) is 56.8 Å². The molecule has 0 aliphatic carbocycles. The molecule has 3 N–H and O–H groups in total. The van der Waals surface area contributed by atoms with Crippen LogP contribution in [0.15, 0.2) is 36.5 Å². The lowest BCUT2D eigenvalue weighted by Crippen LogP contribution is -2.43. The summed E-state index contributed by atoms with van der Waals surface area (Å²) in [7, 11) is 1.47. The van der Waals surface area contributed by atoms with Gasteiger partial charge in [0.1, 0.15) is 0 Å². The molecule has 16 nitrogen and oxygen atoms in total. The van der Waals surface area contributed by atoms with Gasteiger partial charge < -0.3 is 34.3 Å². The minimum Gasteiger partial charge on any atom is -0.391 e. The fourth-order valence-corrected chi connectivity index (χ4v) is 5.51. The van der Waals surface area contributed by atoms with E-state index in [2.05, 4.69) is 19.7 Å². The highest BCUT2D eigenvalue weighted by atomic mass is 16.5. The highest BCUT2D eigenvalue weighted by Gasteiger charge is 2.37. The first-order chi connectivity index (χ1) is 23.2. The second-order valence-corrected chi connectivity index (χ2v) is 12.7. The Kier molecular flexibility index (Phi) is 14.9. The minimum atomic E-state index is -1.04. The fraction of sp³-hybridized carbons (Fsp3) is 0.636. The zero-order chi connectivity index (χ0) is 36.3. The number of rotatable bonds is 23. The van der Waals surface area contributed by atoms with E-state index in [-0.39, 0.29) is 121 Å². The van der Waals surface area contributed by atoms with Crippen molar-refractivity contribution in [3.05, 3.63) is 36.5 Å². The molecule has 3 fully saturated rings. The maximum Gasteiger partial charge on any atom is 0.256 e. The molecule has 49 heavy (non-hydrogen) atoms. The Morgan fingerprint density at radius 2 is 0.857 bits per heavy atom. The van der Waals surface area contributed by atoms with Crippen LogP contribution in [0.4, 0.5) is 0 Å². The molecular weight excluding hydrogens is 646 g/mol. The van der Waals surface area contributed by atoms with Gasteiger partial charge in [-0.05, 0) is 19.3 Å². The van der Waals surface area contributed by atoms with Gasteiger partial charge in [-0.1, -0.05) is 19.7 Å². The third kappa shape index (κ3) is 11.2. The first-order valence-corrected chi connectivity index (χ1v) is 16.0. The lowest BCUT2D eigenvalue weighted by molar-refractivity contribution is -0.140. The lowest BCUT2D eigenvalue weighted by Gasteiger charge is -2.33. The summed E-state index contributed by atoms with van der Waals surface area (Å²) in [5.41, 5.74) is -0.395. The molecule has 0 saturated carbocycles. The number of hydrogen-bond acceptors (Lipinski definition) is 13. The maximum atomic E-state index is 12.1. The van der Waals surface area contributed by atoms with Gasteiger partial charge in [-0.15, -0.1) is 0 Å². The van der Waals surface area contributed by atoms with Crippen LogP contribution in [0.2, 0.25) is 0 Å². The monoisotopic (exact) mass is 693 g/mol. The summed E-state index contributed by atoms with van der Waals surface area (Å²) in [6, 6.07) is 0. The average Bonchev–Trinajstić information content (AvgIpc) is 3.54. The van der Waals surface area contributed by atoms with Gasteiger partial charge in [0.25, 0.3) is 17.7 Å². The van der Waals surface area contributed by atoms with Crippen molar-refractivity contribution in [2.24, 2.45) is 5.41 Å². The number of carbonyl (C=O) groups is 6. The summed E-state index contributed by atoms with van der Waals surface area (Å²) in [6.45, 7) is 10.4. The number of likely N-dealkylation sites (tertiary alicyclic amines) is 3. The Morgan fingerprint density at radius 3 is 1.08 bits per heavy atom. The van der Waals surface area contributed by atoms with Gasteiger partial charge in [-0.3, -0.25) is 43.5 Å². The lowest BCUT2D eigenvalue weighted by atomic mass is 9.92. The summed E-state index contributed by atoms with van der Waals surface area (Å²) in [5.74, 6) is -2.81. The summed E-state index contributed by atoms with van der Waals surface area (Å²) in [5, 5.41) is 31.3. The first-order valence-electron chi connectivity index (χ1n) is 16.0. The van der Waals surface area contributed by atoms with Crippen LogP contribution in [0.25, 0.3) is 0 Å². The van der Waals surface area contributed by atoms with Crippen molar-refractivity contribution in [3.63, 3.8) is 0 Å². The van der Waals surface area contributed by atoms with E-state index in [9.17, 15) is 44.1 Å². The van der Waals surface area contributed by atoms with E-state index in [1.807, 2.05) is 0 Å². The second kappa shape index (κ2) is 18.4. The van der Waals surface area contributed by atoms with Crippen molar-refractivity contribution in [3.8, 4) is 0 Å². The van der Waals surface area contributed by atoms with Crippen LogP contribution in [-0.2, 0) is 47.7 Å². The molecule has 272 valence electrons. The normalized spacial score (nSPS) is 20.3. The summed E-state index contributed by atoms with van der Waals surface area (Å²) in [6.07, 6.45) is -3.04. The third-order valence-corrected chi connectivity index (χ3v) is 8.28. The molecule has 16 heteroatoms. The van der Waals surface area contributed by atoms with E-state index in [0.29, 0.717) is 0 Å². The Morgan fingerprint density at radius 1 is 0.571 bits per heavy atom. The number of carbonyl (C=O) groups excluding carboxylic acids is 6. The quantitative estimate of drug-likeness (QED) is 0.0658. The predicted octanol–water partition coefficient (Wildman–Crippen LogP) is -1.13. The zero-order valence-electron chi connectivity index (χ0n) is 27.9. The van der Waals surface area contributed by atoms with Gasteiger partial charge in [-0.25, -0.2) is 0 Å². The second-order valence-electron chi connectivity index (χ2n) is 12.7. The van der Waals surface area contributed by atoms with Crippen molar-refractivity contribution >= 4 is 35.4 Å². The molecular formula is C33H47N3O13. The SMILES string of the molecule is C=C1CC(=O)N(CC(O)CCOCC(COC)(COCCC(O)CN2C(=O)CC(=C)C2=O)COCCC(O)CN2C(=O)CC(=C)C2=O)C1=O. The Balaban J connectivity index is 1.52. The summed E-state index contributed by atoms with van der Waals surface area (Å²) >= 11 is 0. The highest BCUT2D eigenvalue weighted by molar-refractivity contribution is 6.14. The number of β-amino-alcohol motifs (C(OH)–C–C–N with tert-alkyl or cyclic N) is 3. The number of imide groups is 3. The first kappa shape index (κ1) is 39.8. The summed E-state index contributed by atoms with van der Waals surface area (Å²) in [4.78, 5) is 75.2. The standard InChI is InChI=1S/C33H47N3O13/c1-21-11-27(40)34(30(21)43)14-24(37)5-8-47-18-33(17-46-4,19-48-9-6-25(38)15-35-28(41)12-22(2)31(35)44)20-49-10-7-26(39)16-36-29(42)13-23(3)32(36)45/h24-26,37-39H,1-3,5-20H2,4H3. The van der Waals surface area contributed by atoms with Crippen molar-refractivity contribution in [2.75, 3.05) is 73.0 Å². The van der Waals surface area contributed by atoms with E-state index in [0.717, 1.165) is 14.7 Å². The van der Waals surface area contributed by atoms with E-state index in [1.165, 1.54) is 7.11 Å². The number of aliphatic hydroxyl groups is 3. The molecule has 3 atom stereocenters. The van der Waals surface area contributed by atoms with Crippen LogP contribution in [0.5, 0.6) is 0 Å². The van der Waals surface area contributed by atoms with E-state index in [4.69, 9.17) is 18.9 Å². The molecule has 3 aliphatic heterocycles. The van der Waals surface area contributed by atoms with Gasteiger partial charge in [0.05, 0.1) is 89.1 Å². The molecule has 3 rings (SSSR count). The molecule has 6 amide bonds. The van der Waals surface area contributed by atoms with E-state index in [1.54, 1.807) is 0 Å². The maximum absolute atomic E-state index is 12.1. The van der Waals surface area contributed by atoms with Crippen LogP contribution >= 0.6 is 0 Å². The van der Waals surface area contributed by atoms with Gasteiger partial charge >= 0.3 is 0 Å². The van der Waals surface area contributed by atoms with Crippen LogP contribution in [0, 0.1) is 5.41 Å². The van der Waals surface area contributed by atoms with E-state index >= 15 is 0 Å². The average molecular weight is 694 g/mol. The Labute approximate surface area is 284 Å². The molecule has 0 radical (unpaired) electrons. The third-order valence-electron chi connectivity index (χ3n) is 8.28. The van der Waals surface area contributed by atoms with Crippen molar-refractivity contribution in [1.29, 1.82) is 0 Å². The Hall–Kier alpha value is -3.64. The fourth-order valence-electron chi connectivity index (χ4n) is 5.51. The van der Waals surface area contributed by atoms with Gasteiger partial charge in [0.2, 0.25) is 17.7 Å². The molecule has 0 spiro atoms.